The molecular weight excluding hydrogens is 836 g/mol. The zero-order valence-corrected chi connectivity index (χ0v) is 35.6. The topological polar surface area (TPSA) is 116 Å². The van der Waals surface area contributed by atoms with Crippen molar-refractivity contribution in [1.82, 2.24) is 24.8 Å². The quantitative estimate of drug-likeness (QED) is 0.133. The van der Waals surface area contributed by atoms with Gasteiger partial charge < -0.3 is 24.6 Å². The molecule has 11 rings (SSSR count). The van der Waals surface area contributed by atoms with Gasteiger partial charge in [-0.3, -0.25) is 9.78 Å². The van der Waals surface area contributed by atoms with E-state index in [4.69, 9.17) is 32.9 Å². The lowest BCUT2D eigenvalue weighted by molar-refractivity contribution is -0.134. The summed E-state index contributed by atoms with van der Waals surface area (Å²) >= 11 is 13.3. The number of nitrogens with one attached hydrogen (secondary N) is 1. The number of hydrogen-bond donors (Lipinski definition) is 2. The maximum atomic E-state index is 17.9. The standard InChI is InChI=1S/C48H43Cl2F3N6O3/c1-48(2,61)39-14-13-26(20-56-39)43-31-19-38(37-18-28(22-58(37)47(60)24-11-12-24)62-23-32-34(51)9-4-10-35(32)52)59(45-27-17-36(45)55-21-27)46(31)30-16-25(6-5-15-54)40(42(53)44(30)57-43)29-7-3-8-33(49)41(29)50/h3-4,7-10,13-14,16,19-20,24,27-28,36-37,45,55,61H,5-6,11-12,17-18,21-23H2,1-2H3. The predicted octanol–water partition coefficient (Wildman–Crippen LogP) is 10.1. The zero-order valence-electron chi connectivity index (χ0n) is 34.1. The monoisotopic (exact) mass is 878 g/mol. The molecule has 3 aliphatic heterocycles. The summed E-state index contributed by atoms with van der Waals surface area (Å²) in [5.74, 6) is -1.87. The summed E-state index contributed by atoms with van der Waals surface area (Å²) in [6.45, 7) is 4.03. The average molecular weight is 880 g/mol. The molecule has 6 aromatic rings. The lowest BCUT2D eigenvalue weighted by Crippen LogP contribution is -2.41. The lowest BCUT2D eigenvalue weighted by Gasteiger charge is -2.39. The molecule has 0 spiro atoms. The van der Waals surface area contributed by atoms with Gasteiger partial charge in [0, 0.05) is 82.8 Å². The number of aryl methyl sites for hydroxylation is 1. The second kappa shape index (κ2) is 15.6. The Morgan fingerprint density at radius 2 is 1.82 bits per heavy atom. The van der Waals surface area contributed by atoms with Gasteiger partial charge in [-0.1, -0.05) is 41.4 Å². The first-order chi connectivity index (χ1) is 29.8. The molecule has 5 atom stereocenters. The molecule has 5 aliphatic rings. The number of aromatic nitrogens is 3. The number of likely N-dealkylation sites (tertiary alicyclic amines) is 1. The number of hydrogen-bond acceptors (Lipinski definition) is 7. The number of nitrogens with zero attached hydrogens (tertiary/aromatic N) is 5. The van der Waals surface area contributed by atoms with Crippen LogP contribution in [0.4, 0.5) is 13.2 Å². The van der Waals surface area contributed by atoms with Crippen molar-refractivity contribution in [2.45, 2.75) is 88.8 Å². The van der Waals surface area contributed by atoms with Crippen LogP contribution in [0.1, 0.15) is 80.6 Å². The minimum Gasteiger partial charge on any atom is -0.384 e. The van der Waals surface area contributed by atoms with Crippen LogP contribution in [0, 0.1) is 40.6 Å². The number of carbonyl (C=O) groups excluding carboxylic acids is 1. The molecule has 14 heteroatoms. The number of aliphatic hydroxyl groups is 1. The van der Waals surface area contributed by atoms with E-state index < -0.39 is 35.2 Å². The van der Waals surface area contributed by atoms with Crippen LogP contribution in [0.2, 0.25) is 10.0 Å². The van der Waals surface area contributed by atoms with Gasteiger partial charge in [-0.25, -0.2) is 18.2 Å². The number of ether oxygens (including phenoxy) is 1. The fraction of sp³-hybridized carbons (Fsp3) is 0.375. The first-order valence-electron chi connectivity index (χ1n) is 21.1. The number of amides is 1. The summed E-state index contributed by atoms with van der Waals surface area (Å²) in [5, 5.41) is 25.9. The average Bonchev–Trinajstić information content (AvgIpc) is 3.52. The third-order valence-corrected chi connectivity index (χ3v) is 14.1. The van der Waals surface area contributed by atoms with Crippen LogP contribution in [0.3, 0.4) is 0 Å². The van der Waals surface area contributed by atoms with E-state index in [9.17, 15) is 23.9 Å². The molecule has 6 heterocycles. The number of carbonyl (C=O) groups is 1. The summed E-state index contributed by atoms with van der Waals surface area (Å²) in [6, 6.07) is 18.1. The van der Waals surface area contributed by atoms with E-state index in [1.165, 1.54) is 18.2 Å². The molecule has 3 aromatic carbocycles. The highest BCUT2D eigenvalue weighted by Gasteiger charge is 2.51. The van der Waals surface area contributed by atoms with Gasteiger partial charge in [-0.2, -0.15) is 5.26 Å². The molecule has 62 heavy (non-hydrogen) atoms. The number of benzene rings is 3. The molecule has 2 N–H and O–H groups in total. The number of nitriles is 1. The fourth-order valence-electron chi connectivity index (χ4n) is 9.94. The Hall–Kier alpha value is -5.03. The third kappa shape index (κ3) is 6.93. The van der Waals surface area contributed by atoms with Crippen molar-refractivity contribution in [2.24, 2.45) is 11.8 Å². The summed E-state index contributed by atoms with van der Waals surface area (Å²) in [4.78, 5) is 25.9. The van der Waals surface area contributed by atoms with Crippen LogP contribution in [0.15, 0.2) is 66.9 Å². The Kier molecular flexibility index (Phi) is 10.3. The van der Waals surface area contributed by atoms with Crippen molar-refractivity contribution in [3.8, 4) is 28.5 Å². The van der Waals surface area contributed by atoms with Gasteiger partial charge in [0.25, 0.3) is 0 Å². The third-order valence-electron chi connectivity index (χ3n) is 13.2. The molecule has 318 valence electrons. The summed E-state index contributed by atoms with van der Waals surface area (Å²) in [5.41, 5.74) is 2.90. The van der Waals surface area contributed by atoms with Crippen LogP contribution in [0.25, 0.3) is 44.2 Å². The van der Waals surface area contributed by atoms with Crippen LogP contribution in [-0.2, 0) is 28.2 Å². The van der Waals surface area contributed by atoms with Gasteiger partial charge in [-0.05, 0) is 93.5 Å². The van der Waals surface area contributed by atoms with Gasteiger partial charge >= 0.3 is 0 Å². The number of halogens is 5. The fourth-order valence-corrected chi connectivity index (χ4v) is 10.3. The predicted molar refractivity (Wildman–Crippen MR) is 231 cm³/mol. The molecule has 3 saturated heterocycles. The lowest BCUT2D eigenvalue weighted by atomic mass is 9.79. The Labute approximate surface area is 366 Å². The Morgan fingerprint density at radius 1 is 1.05 bits per heavy atom. The van der Waals surface area contributed by atoms with Gasteiger partial charge in [-0.15, -0.1) is 0 Å². The molecule has 2 saturated carbocycles. The minimum atomic E-state index is -1.22. The second-order valence-electron chi connectivity index (χ2n) is 17.7. The zero-order chi connectivity index (χ0) is 43.2. The molecule has 9 nitrogen and oxygen atoms in total. The Bertz CT molecular complexity index is 2800. The highest BCUT2D eigenvalue weighted by atomic mass is 35.5. The summed E-state index contributed by atoms with van der Waals surface area (Å²) in [6.07, 6.45) is 4.32. The van der Waals surface area contributed by atoms with Crippen molar-refractivity contribution in [2.75, 3.05) is 13.1 Å². The molecule has 5 unspecified atom stereocenters. The largest absolute Gasteiger partial charge is 0.384 e. The maximum Gasteiger partial charge on any atom is 0.226 e. The molecule has 1 amide bonds. The second-order valence-corrected chi connectivity index (χ2v) is 18.5. The molecule has 0 radical (unpaired) electrons. The van der Waals surface area contributed by atoms with E-state index in [1.54, 1.807) is 44.3 Å². The van der Waals surface area contributed by atoms with E-state index in [-0.39, 0.29) is 82.5 Å². The summed E-state index contributed by atoms with van der Waals surface area (Å²) in [7, 11) is 0. The molecular formula is C48H43Cl2F3N6O3. The van der Waals surface area contributed by atoms with Crippen LogP contribution in [0.5, 0.6) is 0 Å². The molecule has 2 aliphatic carbocycles. The normalized spacial score (nSPS) is 22.1. The van der Waals surface area contributed by atoms with Crippen LogP contribution < -0.4 is 5.32 Å². The van der Waals surface area contributed by atoms with Gasteiger partial charge in [0.1, 0.15) is 22.8 Å². The van der Waals surface area contributed by atoms with E-state index >= 15 is 4.39 Å². The summed E-state index contributed by atoms with van der Waals surface area (Å²) < 4.78 is 55.9. The molecule has 5 fully saturated rings. The van der Waals surface area contributed by atoms with Gasteiger partial charge in [0.15, 0.2) is 5.82 Å². The van der Waals surface area contributed by atoms with Gasteiger partial charge in [0.05, 0.1) is 57.8 Å². The SMILES string of the molecule is CC(C)(O)c1ccc(-c2nc3c(F)c(-c4cccc(Cl)c4Cl)c(CCC#N)cc3c3c2cc(C2CC(OCc4c(F)cccc4F)CN2C(=O)C2CC2)n3C2C3CNC2C3)cn1. The number of pyridine rings is 2. The highest BCUT2D eigenvalue weighted by Crippen LogP contribution is 2.52. The highest BCUT2D eigenvalue weighted by molar-refractivity contribution is 6.43. The van der Waals surface area contributed by atoms with Gasteiger partial charge in [0.2, 0.25) is 5.91 Å². The first-order valence-corrected chi connectivity index (χ1v) is 21.9. The number of rotatable bonds is 11. The van der Waals surface area contributed by atoms with E-state index in [2.05, 4.69) is 27.0 Å². The van der Waals surface area contributed by atoms with Crippen molar-refractivity contribution in [1.29, 1.82) is 5.26 Å². The Balaban J connectivity index is 1.23. The molecule has 2 bridgehead atoms. The van der Waals surface area contributed by atoms with Crippen molar-refractivity contribution < 1.29 is 27.8 Å². The smallest absolute Gasteiger partial charge is 0.226 e. The first kappa shape index (κ1) is 41.0. The van der Waals surface area contributed by atoms with E-state index in [0.29, 0.717) is 45.3 Å². The van der Waals surface area contributed by atoms with Crippen LogP contribution >= 0.6 is 23.2 Å². The number of fused-ring (bicyclic) bond motifs is 4. The van der Waals surface area contributed by atoms with Crippen molar-refractivity contribution in [3.05, 3.63) is 117 Å². The van der Waals surface area contributed by atoms with E-state index in [1.807, 2.05) is 17.0 Å². The van der Waals surface area contributed by atoms with Crippen LogP contribution in [-0.4, -0.2) is 55.7 Å². The minimum absolute atomic E-state index is 0.00664. The van der Waals surface area contributed by atoms with Crippen molar-refractivity contribution >= 4 is 50.9 Å². The maximum absolute atomic E-state index is 17.9. The van der Waals surface area contributed by atoms with Crippen molar-refractivity contribution in [3.63, 3.8) is 0 Å². The molecule has 3 aromatic heterocycles. The Morgan fingerprint density at radius 3 is 2.48 bits per heavy atom. The van der Waals surface area contributed by atoms with E-state index in [0.717, 1.165) is 37.0 Å².